The van der Waals surface area contributed by atoms with Gasteiger partial charge in [0.2, 0.25) is 0 Å². The van der Waals surface area contributed by atoms with Crippen LogP contribution in [-0.4, -0.2) is 17.2 Å². The van der Waals surface area contributed by atoms with E-state index in [9.17, 15) is 4.79 Å². The van der Waals surface area contributed by atoms with E-state index in [1.165, 1.54) is 24.2 Å². The zero-order valence-corrected chi connectivity index (χ0v) is 8.55. The van der Waals surface area contributed by atoms with Gasteiger partial charge in [0.1, 0.15) is 5.75 Å². The fourth-order valence-corrected chi connectivity index (χ4v) is 2.39. The molecule has 1 heterocycles. The van der Waals surface area contributed by atoms with Crippen LogP contribution in [0.3, 0.4) is 0 Å². The highest BCUT2D eigenvalue weighted by Crippen LogP contribution is 2.29. The molecule has 1 aliphatic rings. The normalized spacial score (nSPS) is 17.1. The molecular weight excluding hydrogens is 200 g/mol. The molecule has 0 bridgehead atoms. The molecule has 0 spiro atoms. The van der Waals surface area contributed by atoms with Crippen LogP contribution in [0.2, 0.25) is 0 Å². The first-order valence-electron chi connectivity index (χ1n) is 4.75. The average molecular weight is 212 g/mol. The number of ether oxygens (including phenoxy) is 1. The number of aromatic carboxylic acids is 1. The number of carboxylic acids is 1. The maximum Gasteiger partial charge on any atom is 0.349 e. The molecule has 1 fully saturated rings. The lowest BCUT2D eigenvalue weighted by molar-refractivity contribution is 0.0695. The molecule has 0 atom stereocenters. The van der Waals surface area contributed by atoms with E-state index in [4.69, 9.17) is 9.84 Å². The Bertz CT molecular complexity index is 326. The molecular formula is C10H12O3S. The third-order valence-electron chi connectivity index (χ3n) is 2.42. The van der Waals surface area contributed by atoms with Crippen molar-refractivity contribution in [2.45, 2.75) is 31.8 Å². The molecule has 1 aliphatic carbocycles. The smallest absolute Gasteiger partial charge is 0.349 e. The van der Waals surface area contributed by atoms with Crippen molar-refractivity contribution in [1.82, 2.24) is 0 Å². The number of carboxylic acid groups (broad SMARTS) is 1. The summed E-state index contributed by atoms with van der Waals surface area (Å²) >= 11 is 1.22. The first-order valence-corrected chi connectivity index (χ1v) is 5.63. The van der Waals surface area contributed by atoms with Crippen molar-refractivity contribution in [1.29, 1.82) is 0 Å². The van der Waals surface area contributed by atoms with Gasteiger partial charge in [-0.1, -0.05) is 0 Å². The molecule has 0 radical (unpaired) electrons. The Kier molecular flexibility index (Phi) is 2.72. The summed E-state index contributed by atoms with van der Waals surface area (Å²) in [7, 11) is 0. The molecule has 0 unspecified atom stereocenters. The van der Waals surface area contributed by atoms with Crippen molar-refractivity contribution in [3.05, 3.63) is 16.3 Å². The summed E-state index contributed by atoms with van der Waals surface area (Å²) in [5.74, 6) is -0.359. The highest BCUT2D eigenvalue weighted by atomic mass is 32.1. The molecule has 1 aromatic heterocycles. The molecule has 1 aromatic rings. The minimum Gasteiger partial charge on any atom is -0.489 e. The van der Waals surface area contributed by atoms with Gasteiger partial charge in [0.15, 0.2) is 4.88 Å². The van der Waals surface area contributed by atoms with Crippen molar-refractivity contribution in [3.8, 4) is 5.75 Å². The lowest BCUT2D eigenvalue weighted by Crippen LogP contribution is -2.12. The summed E-state index contributed by atoms with van der Waals surface area (Å²) in [6, 6.07) is 1.74. The fraction of sp³-hybridized carbons (Fsp3) is 0.500. The zero-order chi connectivity index (χ0) is 9.97. The van der Waals surface area contributed by atoms with Crippen LogP contribution in [0.15, 0.2) is 11.4 Å². The van der Waals surface area contributed by atoms with Crippen LogP contribution in [0.5, 0.6) is 5.75 Å². The Balaban J connectivity index is 2.07. The quantitative estimate of drug-likeness (QED) is 0.838. The second kappa shape index (κ2) is 4.00. The Morgan fingerprint density at radius 1 is 1.50 bits per heavy atom. The van der Waals surface area contributed by atoms with Crippen LogP contribution < -0.4 is 4.74 Å². The summed E-state index contributed by atoms with van der Waals surface area (Å²) in [6.07, 6.45) is 4.71. The first kappa shape index (κ1) is 9.52. The van der Waals surface area contributed by atoms with Crippen molar-refractivity contribution >= 4 is 17.3 Å². The van der Waals surface area contributed by atoms with Crippen LogP contribution in [0, 0.1) is 0 Å². The lowest BCUT2D eigenvalue weighted by Gasteiger charge is -2.11. The lowest BCUT2D eigenvalue weighted by atomic mass is 10.3. The zero-order valence-electron chi connectivity index (χ0n) is 7.73. The molecule has 76 valence electrons. The van der Waals surface area contributed by atoms with Crippen LogP contribution >= 0.6 is 11.3 Å². The van der Waals surface area contributed by atoms with Crippen molar-refractivity contribution < 1.29 is 14.6 Å². The molecule has 0 aromatic carbocycles. The summed E-state index contributed by atoms with van der Waals surface area (Å²) in [5.41, 5.74) is 0. The largest absolute Gasteiger partial charge is 0.489 e. The molecule has 1 N–H and O–H groups in total. The monoisotopic (exact) mass is 212 g/mol. The van der Waals surface area contributed by atoms with E-state index in [-0.39, 0.29) is 6.10 Å². The Labute approximate surface area is 86.3 Å². The average Bonchev–Trinajstić information content (AvgIpc) is 2.75. The molecule has 2 rings (SSSR count). The Hall–Kier alpha value is -1.03. The van der Waals surface area contributed by atoms with Gasteiger partial charge in [-0.25, -0.2) is 4.79 Å². The third-order valence-corrected chi connectivity index (χ3v) is 3.30. The summed E-state index contributed by atoms with van der Waals surface area (Å²) < 4.78 is 5.64. The van der Waals surface area contributed by atoms with Gasteiger partial charge in [-0.3, -0.25) is 0 Å². The van der Waals surface area contributed by atoms with Crippen molar-refractivity contribution in [2.24, 2.45) is 0 Å². The van der Waals surface area contributed by atoms with E-state index in [0.717, 1.165) is 12.8 Å². The summed E-state index contributed by atoms with van der Waals surface area (Å²) in [6.45, 7) is 0. The number of hydrogen-bond acceptors (Lipinski definition) is 3. The summed E-state index contributed by atoms with van der Waals surface area (Å²) in [4.78, 5) is 11.1. The number of thiophene rings is 1. The minimum absolute atomic E-state index is 0.225. The molecule has 0 amide bonds. The van der Waals surface area contributed by atoms with Crippen LogP contribution in [0.4, 0.5) is 0 Å². The van der Waals surface area contributed by atoms with Crippen LogP contribution in [0.1, 0.15) is 35.4 Å². The third kappa shape index (κ3) is 1.90. The molecule has 1 saturated carbocycles. The fourth-order valence-electron chi connectivity index (χ4n) is 1.73. The highest BCUT2D eigenvalue weighted by Gasteiger charge is 2.20. The van der Waals surface area contributed by atoms with Gasteiger partial charge >= 0.3 is 5.97 Å². The van der Waals surface area contributed by atoms with Gasteiger partial charge in [0.25, 0.3) is 0 Å². The maximum atomic E-state index is 10.8. The van der Waals surface area contributed by atoms with Crippen molar-refractivity contribution in [3.63, 3.8) is 0 Å². The number of carbonyl (C=O) groups is 1. The van der Waals surface area contributed by atoms with E-state index < -0.39 is 5.97 Å². The predicted molar refractivity (Wildman–Crippen MR) is 54.2 cm³/mol. The van der Waals surface area contributed by atoms with Gasteiger partial charge in [-0.15, -0.1) is 11.3 Å². The van der Waals surface area contributed by atoms with Gasteiger partial charge in [-0.2, -0.15) is 0 Å². The van der Waals surface area contributed by atoms with Crippen LogP contribution in [0.25, 0.3) is 0 Å². The van der Waals surface area contributed by atoms with E-state index in [2.05, 4.69) is 0 Å². The van der Waals surface area contributed by atoms with E-state index in [1.54, 1.807) is 11.4 Å². The highest BCUT2D eigenvalue weighted by molar-refractivity contribution is 7.12. The minimum atomic E-state index is -0.895. The van der Waals surface area contributed by atoms with E-state index in [1.807, 2.05) is 0 Å². The van der Waals surface area contributed by atoms with E-state index in [0.29, 0.717) is 10.6 Å². The Morgan fingerprint density at radius 2 is 2.21 bits per heavy atom. The molecule has 0 aliphatic heterocycles. The molecule has 0 saturated heterocycles. The number of hydrogen-bond donors (Lipinski definition) is 1. The first-order chi connectivity index (χ1) is 6.77. The van der Waals surface area contributed by atoms with Crippen molar-refractivity contribution in [2.75, 3.05) is 0 Å². The van der Waals surface area contributed by atoms with Gasteiger partial charge in [-0.05, 0) is 37.1 Å². The Morgan fingerprint density at radius 3 is 2.86 bits per heavy atom. The standard InChI is InChI=1S/C10H12O3S/c11-10(12)9-8(5-6-14-9)13-7-3-1-2-4-7/h5-7H,1-4H2,(H,11,12). The van der Waals surface area contributed by atoms with Gasteiger partial charge in [0, 0.05) is 0 Å². The molecule has 14 heavy (non-hydrogen) atoms. The second-order valence-electron chi connectivity index (χ2n) is 3.44. The second-order valence-corrected chi connectivity index (χ2v) is 4.36. The van der Waals surface area contributed by atoms with Crippen LogP contribution in [-0.2, 0) is 0 Å². The molecule has 3 nitrogen and oxygen atoms in total. The summed E-state index contributed by atoms with van der Waals surface area (Å²) in [5, 5.41) is 10.6. The number of rotatable bonds is 3. The van der Waals surface area contributed by atoms with Gasteiger partial charge < -0.3 is 9.84 Å². The maximum absolute atomic E-state index is 10.8. The predicted octanol–water partition coefficient (Wildman–Crippen LogP) is 2.77. The topological polar surface area (TPSA) is 46.5 Å². The SMILES string of the molecule is O=C(O)c1sccc1OC1CCCC1. The van der Waals surface area contributed by atoms with Gasteiger partial charge in [0.05, 0.1) is 6.10 Å². The van der Waals surface area contributed by atoms with E-state index >= 15 is 0 Å². The molecule has 4 heteroatoms.